The zero-order valence-corrected chi connectivity index (χ0v) is 10.4. The highest BCUT2D eigenvalue weighted by molar-refractivity contribution is 9.10. The number of hydrogen-bond donors (Lipinski definition) is 2. The Morgan fingerprint density at radius 2 is 2.25 bits per heavy atom. The van der Waals surface area contributed by atoms with Crippen LogP contribution in [0.1, 0.15) is 11.1 Å². The fourth-order valence-electron chi connectivity index (χ4n) is 1.53. The van der Waals surface area contributed by atoms with Crippen molar-refractivity contribution in [3.8, 4) is 0 Å². The van der Waals surface area contributed by atoms with Crippen LogP contribution in [0.2, 0.25) is 0 Å². The van der Waals surface area contributed by atoms with E-state index in [9.17, 15) is 4.79 Å². The van der Waals surface area contributed by atoms with Crippen LogP contribution in [0.15, 0.2) is 33.5 Å². The van der Waals surface area contributed by atoms with Crippen LogP contribution < -0.4 is 11.3 Å². The third-order valence-corrected chi connectivity index (χ3v) is 2.95. The summed E-state index contributed by atoms with van der Waals surface area (Å²) in [5.74, 6) is 0.431. The lowest BCUT2D eigenvalue weighted by Crippen LogP contribution is -2.18. The zero-order chi connectivity index (χ0) is 11.7. The number of aromatic amines is 1. The van der Waals surface area contributed by atoms with E-state index in [1.807, 2.05) is 24.3 Å². The molecular formula is C11H12BrN3O. The Hall–Kier alpha value is -1.49. The van der Waals surface area contributed by atoms with Gasteiger partial charge in [-0.25, -0.2) is 4.68 Å². The van der Waals surface area contributed by atoms with Gasteiger partial charge in [0, 0.05) is 4.47 Å². The van der Waals surface area contributed by atoms with Gasteiger partial charge in [-0.3, -0.25) is 9.89 Å². The van der Waals surface area contributed by atoms with E-state index in [4.69, 9.17) is 5.73 Å². The van der Waals surface area contributed by atoms with Crippen molar-refractivity contribution in [2.24, 2.45) is 0 Å². The van der Waals surface area contributed by atoms with Gasteiger partial charge in [-0.15, -0.1) is 0 Å². The fraction of sp³-hybridized carbons (Fsp3) is 0.182. The number of halogens is 1. The lowest BCUT2D eigenvalue weighted by molar-refractivity contribution is 0.665. The third-order valence-electron chi connectivity index (χ3n) is 2.46. The summed E-state index contributed by atoms with van der Waals surface area (Å²) >= 11 is 3.39. The number of benzene rings is 1. The quantitative estimate of drug-likeness (QED) is 0.883. The van der Waals surface area contributed by atoms with E-state index < -0.39 is 0 Å². The van der Waals surface area contributed by atoms with Crippen LogP contribution in [0.3, 0.4) is 0 Å². The Labute approximate surface area is 101 Å². The molecule has 0 radical (unpaired) electrons. The first-order chi connectivity index (χ1) is 7.58. The minimum Gasteiger partial charge on any atom is -0.384 e. The van der Waals surface area contributed by atoms with Crippen LogP contribution in [0, 0.1) is 6.92 Å². The number of nitrogens with two attached hydrogens (primary N) is 1. The smallest absolute Gasteiger partial charge is 0.271 e. The van der Waals surface area contributed by atoms with Gasteiger partial charge >= 0.3 is 0 Å². The molecule has 3 N–H and O–H groups in total. The summed E-state index contributed by atoms with van der Waals surface area (Å²) in [5, 5.41) is 2.85. The molecule has 0 saturated heterocycles. The van der Waals surface area contributed by atoms with Gasteiger partial charge in [0.25, 0.3) is 5.56 Å². The number of H-pyrrole nitrogens is 1. The Balaban J connectivity index is 2.34. The summed E-state index contributed by atoms with van der Waals surface area (Å²) in [7, 11) is 0. The molecule has 0 amide bonds. The van der Waals surface area contributed by atoms with E-state index in [1.165, 1.54) is 4.68 Å². The molecule has 84 valence electrons. The first kappa shape index (κ1) is 11.0. The second-order valence-corrected chi connectivity index (χ2v) is 4.59. The molecule has 0 fully saturated rings. The summed E-state index contributed by atoms with van der Waals surface area (Å²) in [5.41, 5.74) is 7.17. The van der Waals surface area contributed by atoms with Crippen molar-refractivity contribution in [3.63, 3.8) is 0 Å². The van der Waals surface area contributed by atoms with Crippen LogP contribution in [-0.2, 0) is 6.54 Å². The van der Waals surface area contributed by atoms with Crippen LogP contribution in [0.5, 0.6) is 0 Å². The minimum absolute atomic E-state index is 0.0718. The summed E-state index contributed by atoms with van der Waals surface area (Å²) in [4.78, 5) is 11.7. The number of rotatable bonds is 2. The molecule has 16 heavy (non-hydrogen) atoms. The van der Waals surface area contributed by atoms with Crippen molar-refractivity contribution >= 4 is 21.7 Å². The topological polar surface area (TPSA) is 63.8 Å². The van der Waals surface area contributed by atoms with Crippen molar-refractivity contribution in [3.05, 3.63) is 50.2 Å². The van der Waals surface area contributed by atoms with Gasteiger partial charge in [0.05, 0.1) is 12.1 Å². The number of nitrogens with zero attached hydrogens (tertiary/aromatic N) is 1. The Kier molecular flexibility index (Phi) is 2.87. The van der Waals surface area contributed by atoms with E-state index in [0.29, 0.717) is 17.9 Å². The molecule has 0 atom stereocenters. The largest absolute Gasteiger partial charge is 0.384 e. The average Bonchev–Trinajstić information content (AvgIpc) is 2.47. The van der Waals surface area contributed by atoms with E-state index in [-0.39, 0.29) is 5.56 Å². The maximum Gasteiger partial charge on any atom is 0.271 e. The van der Waals surface area contributed by atoms with Crippen LogP contribution >= 0.6 is 15.9 Å². The fourth-order valence-corrected chi connectivity index (χ4v) is 1.97. The molecule has 0 aliphatic heterocycles. The number of nitrogens with one attached hydrogen (secondary N) is 1. The van der Waals surface area contributed by atoms with Crippen molar-refractivity contribution in [2.45, 2.75) is 13.5 Å². The SMILES string of the molecule is Cc1c(N)[nH]n(Cc2cccc(Br)c2)c1=O. The standard InChI is InChI=1S/C11H12BrN3O/c1-7-10(13)14-15(11(7)16)6-8-3-2-4-9(12)5-8/h2-5,14H,6,13H2,1H3. The average molecular weight is 282 g/mol. The number of nitrogen functional groups attached to an aromatic ring is 1. The number of aromatic nitrogens is 2. The molecule has 0 unspecified atom stereocenters. The summed E-state index contributed by atoms with van der Waals surface area (Å²) in [6, 6.07) is 7.81. The molecule has 2 aromatic rings. The molecule has 0 aliphatic carbocycles. The van der Waals surface area contributed by atoms with E-state index in [0.717, 1.165) is 10.0 Å². The van der Waals surface area contributed by atoms with E-state index in [2.05, 4.69) is 21.0 Å². The van der Waals surface area contributed by atoms with Gasteiger partial charge in [-0.05, 0) is 24.6 Å². The molecule has 5 heteroatoms. The second kappa shape index (κ2) is 4.17. The van der Waals surface area contributed by atoms with Crippen molar-refractivity contribution in [1.82, 2.24) is 9.78 Å². The van der Waals surface area contributed by atoms with Gasteiger partial charge in [0.2, 0.25) is 0 Å². The Morgan fingerprint density at radius 3 is 2.81 bits per heavy atom. The first-order valence-electron chi connectivity index (χ1n) is 4.87. The Morgan fingerprint density at radius 1 is 1.50 bits per heavy atom. The minimum atomic E-state index is -0.0718. The van der Waals surface area contributed by atoms with Gasteiger partial charge in [0.1, 0.15) is 5.82 Å². The highest BCUT2D eigenvalue weighted by Crippen LogP contribution is 2.12. The molecule has 0 bridgehead atoms. The van der Waals surface area contributed by atoms with Gasteiger partial charge in [-0.1, -0.05) is 28.1 Å². The van der Waals surface area contributed by atoms with E-state index in [1.54, 1.807) is 6.92 Å². The van der Waals surface area contributed by atoms with Crippen LogP contribution in [0.4, 0.5) is 5.82 Å². The maximum absolute atomic E-state index is 11.7. The van der Waals surface area contributed by atoms with Crippen molar-refractivity contribution in [1.29, 1.82) is 0 Å². The van der Waals surface area contributed by atoms with E-state index >= 15 is 0 Å². The number of hydrogen-bond acceptors (Lipinski definition) is 2. The molecule has 2 rings (SSSR count). The third kappa shape index (κ3) is 2.04. The highest BCUT2D eigenvalue weighted by atomic mass is 79.9. The summed E-state index contributed by atoms with van der Waals surface area (Å²) in [6.45, 7) is 2.21. The zero-order valence-electron chi connectivity index (χ0n) is 8.83. The summed E-state index contributed by atoms with van der Waals surface area (Å²) in [6.07, 6.45) is 0. The monoisotopic (exact) mass is 281 g/mol. The molecule has 0 spiro atoms. The van der Waals surface area contributed by atoms with Gasteiger partial charge < -0.3 is 5.73 Å². The van der Waals surface area contributed by atoms with Crippen molar-refractivity contribution < 1.29 is 0 Å². The molecule has 0 aliphatic rings. The van der Waals surface area contributed by atoms with Gasteiger partial charge in [-0.2, -0.15) is 0 Å². The van der Waals surface area contributed by atoms with Gasteiger partial charge in [0.15, 0.2) is 0 Å². The highest BCUT2D eigenvalue weighted by Gasteiger charge is 2.07. The lowest BCUT2D eigenvalue weighted by Gasteiger charge is -2.02. The van der Waals surface area contributed by atoms with Crippen molar-refractivity contribution in [2.75, 3.05) is 5.73 Å². The molecule has 0 saturated carbocycles. The molecule has 1 aromatic heterocycles. The summed E-state index contributed by atoms with van der Waals surface area (Å²) < 4.78 is 2.50. The Bertz CT molecular complexity index is 571. The molecule has 1 heterocycles. The predicted octanol–water partition coefficient (Wildman–Crippen LogP) is 1.88. The first-order valence-corrected chi connectivity index (χ1v) is 5.66. The molecule has 4 nitrogen and oxygen atoms in total. The second-order valence-electron chi connectivity index (χ2n) is 3.67. The normalized spacial score (nSPS) is 10.6. The molecule has 1 aromatic carbocycles. The maximum atomic E-state index is 11.7. The molecular weight excluding hydrogens is 270 g/mol. The predicted molar refractivity (Wildman–Crippen MR) is 67.4 cm³/mol. The van der Waals surface area contributed by atoms with Crippen LogP contribution in [0.25, 0.3) is 0 Å². The lowest BCUT2D eigenvalue weighted by atomic mass is 10.2. The number of anilines is 1. The van der Waals surface area contributed by atoms with Crippen LogP contribution in [-0.4, -0.2) is 9.78 Å².